The minimum atomic E-state index is -3.26. The van der Waals surface area contributed by atoms with Gasteiger partial charge in [-0.2, -0.15) is 0 Å². The van der Waals surface area contributed by atoms with Gasteiger partial charge in [-0.25, -0.2) is 8.42 Å². The number of carbonyl (C=O) groups is 1. The number of anilines is 1. The number of amides is 1. The topological polar surface area (TPSA) is 66.9 Å². The maximum absolute atomic E-state index is 12.4. The smallest absolute Gasteiger partial charge is 0.264 e. The molecule has 1 amide bonds. The maximum Gasteiger partial charge on any atom is 0.264 e. The third-order valence-corrected chi connectivity index (χ3v) is 5.86. The van der Waals surface area contributed by atoms with Gasteiger partial charge in [0.1, 0.15) is 0 Å². The van der Waals surface area contributed by atoms with Crippen LogP contribution in [0.2, 0.25) is 0 Å². The fraction of sp³-hybridized carbons (Fsp3) is 0.583. The molecule has 1 aromatic heterocycles. The van der Waals surface area contributed by atoms with Crippen LogP contribution in [0, 0.1) is 0 Å². The summed E-state index contributed by atoms with van der Waals surface area (Å²) < 4.78 is 30.0. The molecule has 0 bridgehead atoms. The van der Waals surface area contributed by atoms with E-state index in [9.17, 15) is 13.2 Å². The van der Waals surface area contributed by atoms with E-state index in [0.29, 0.717) is 49.8 Å². The quantitative estimate of drug-likeness (QED) is 0.799. The number of nitrogens with zero attached hydrogens (tertiary/aromatic N) is 2. The Balaban J connectivity index is 1.85. The number of carbonyl (C=O) groups excluding carboxylic acids is 1. The molecule has 2 aliphatic heterocycles. The van der Waals surface area contributed by atoms with Gasteiger partial charge in [-0.05, 0) is 6.07 Å². The lowest BCUT2D eigenvalue weighted by molar-refractivity contribution is 0.0306. The summed E-state index contributed by atoms with van der Waals surface area (Å²) in [4.78, 5) is 15.7. The zero-order chi connectivity index (χ0) is 14.3. The number of fused-ring (bicyclic) bond motifs is 1. The summed E-state index contributed by atoms with van der Waals surface area (Å²) in [6.45, 7) is 2.79. The van der Waals surface area contributed by atoms with Gasteiger partial charge in [0, 0.05) is 30.9 Å². The third-order valence-electron chi connectivity index (χ3n) is 3.51. The third kappa shape index (κ3) is 2.43. The van der Waals surface area contributed by atoms with Gasteiger partial charge in [0.05, 0.1) is 30.0 Å². The molecule has 1 saturated heterocycles. The van der Waals surface area contributed by atoms with E-state index in [0.717, 1.165) is 4.88 Å². The number of morpholine rings is 1. The number of hydrogen-bond acceptors (Lipinski definition) is 5. The lowest BCUT2D eigenvalue weighted by Gasteiger charge is -2.26. The zero-order valence-corrected chi connectivity index (χ0v) is 12.8. The second-order valence-electron chi connectivity index (χ2n) is 4.91. The molecular formula is C12H16N2O4S2. The normalized spacial score (nSPS) is 19.2. The van der Waals surface area contributed by atoms with Gasteiger partial charge in [-0.3, -0.25) is 9.10 Å². The Hall–Kier alpha value is -1.12. The molecule has 110 valence electrons. The molecule has 3 heterocycles. The lowest BCUT2D eigenvalue weighted by Crippen LogP contribution is -2.40. The van der Waals surface area contributed by atoms with Crippen molar-refractivity contribution in [2.24, 2.45) is 0 Å². The molecule has 0 aromatic carbocycles. The van der Waals surface area contributed by atoms with E-state index in [2.05, 4.69) is 0 Å². The Kier molecular flexibility index (Phi) is 3.47. The first-order valence-electron chi connectivity index (χ1n) is 6.44. The molecule has 2 aliphatic rings. The van der Waals surface area contributed by atoms with Crippen molar-refractivity contribution in [3.05, 3.63) is 15.8 Å². The number of thiophene rings is 1. The average molecular weight is 316 g/mol. The van der Waals surface area contributed by atoms with E-state index < -0.39 is 10.0 Å². The summed E-state index contributed by atoms with van der Waals surface area (Å²) in [5.41, 5.74) is 0.675. The summed E-state index contributed by atoms with van der Waals surface area (Å²) in [5, 5.41) is 0. The Bertz CT molecular complexity index is 632. The van der Waals surface area contributed by atoms with Crippen molar-refractivity contribution in [2.45, 2.75) is 6.42 Å². The monoisotopic (exact) mass is 316 g/mol. The van der Waals surface area contributed by atoms with Crippen molar-refractivity contribution in [3.8, 4) is 0 Å². The largest absolute Gasteiger partial charge is 0.378 e. The highest BCUT2D eigenvalue weighted by atomic mass is 32.2. The van der Waals surface area contributed by atoms with E-state index in [1.165, 1.54) is 21.9 Å². The van der Waals surface area contributed by atoms with Crippen LogP contribution in [0.5, 0.6) is 0 Å². The van der Waals surface area contributed by atoms with Gasteiger partial charge >= 0.3 is 0 Å². The first-order chi connectivity index (χ1) is 9.47. The van der Waals surface area contributed by atoms with Gasteiger partial charge in [-0.15, -0.1) is 11.3 Å². The Morgan fingerprint density at radius 1 is 1.30 bits per heavy atom. The summed E-state index contributed by atoms with van der Waals surface area (Å²) in [6, 6.07) is 1.71. The van der Waals surface area contributed by atoms with E-state index in [-0.39, 0.29) is 5.91 Å². The molecule has 0 unspecified atom stereocenters. The van der Waals surface area contributed by atoms with Crippen LogP contribution in [0.15, 0.2) is 6.07 Å². The molecule has 8 heteroatoms. The first-order valence-corrected chi connectivity index (χ1v) is 9.11. The molecule has 3 rings (SSSR count). The van der Waals surface area contributed by atoms with Gasteiger partial charge < -0.3 is 9.64 Å². The van der Waals surface area contributed by atoms with Crippen molar-refractivity contribution in [1.82, 2.24) is 4.90 Å². The van der Waals surface area contributed by atoms with Crippen LogP contribution >= 0.6 is 11.3 Å². The molecule has 20 heavy (non-hydrogen) atoms. The van der Waals surface area contributed by atoms with Gasteiger partial charge in [0.15, 0.2) is 0 Å². The van der Waals surface area contributed by atoms with Crippen LogP contribution in [0.25, 0.3) is 0 Å². The summed E-state index contributed by atoms with van der Waals surface area (Å²) >= 11 is 1.41. The maximum atomic E-state index is 12.4. The van der Waals surface area contributed by atoms with Crippen LogP contribution in [-0.4, -0.2) is 58.3 Å². The van der Waals surface area contributed by atoms with Gasteiger partial charge in [0.25, 0.3) is 5.91 Å². The van der Waals surface area contributed by atoms with Crippen molar-refractivity contribution in [2.75, 3.05) is 43.4 Å². The average Bonchev–Trinajstić information content (AvgIpc) is 2.97. The van der Waals surface area contributed by atoms with Crippen molar-refractivity contribution in [3.63, 3.8) is 0 Å². The van der Waals surface area contributed by atoms with Crippen LogP contribution in [0.3, 0.4) is 0 Å². The van der Waals surface area contributed by atoms with E-state index >= 15 is 0 Å². The molecule has 6 nitrogen and oxygen atoms in total. The van der Waals surface area contributed by atoms with Crippen molar-refractivity contribution < 1.29 is 17.9 Å². The van der Waals surface area contributed by atoms with E-state index in [4.69, 9.17) is 4.74 Å². The van der Waals surface area contributed by atoms with Crippen LogP contribution in [0.1, 0.15) is 14.5 Å². The van der Waals surface area contributed by atoms with Gasteiger partial charge in [0.2, 0.25) is 10.0 Å². The van der Waals surface area contributed by atoms with Gasteiger partial charge in [-0.1, -0.05) is 0 Å². The molecule has 0 aliphatic carbocycles. The van der Waals surface area contributed by atoms with Crippen LogP contribution in [0.4, 0.5) is 5.69 Å². The molecule has 1 fully saturated rings. The van der Waals surface area contributed by atoms with Crippen LogP contribution < -0.4 is 4.31 Å². The van der Waals surface area contributed by atoms with E-state index in [1.54, 1.807) is 11.0 Å². The fourth-order valence-electron chi connectivity index (χ4n) is 2.51. The predicted molar refractivity (Wildman–Crippen MR) is 76.9 cm³/mol. The number of sulfonamides is 1. The second-order valence-corrected chi connectivity index (χ2v) is 7.95. The molecule has 1 aromatic rings. The SMILES string of the molecule is CS(=O)(=O)N1CCc2sc(C(=O)N3CCOCC3)cc21. The zero-order valence-electron chi connectivity index (χ0n) is 11.2. The molecule has 0 spiro atoms. The van der Waals surface area contributed by atoms with Crippen molar-refractivity contribution in [1.29, 1.82) is 0 Å². The fourth-order valence-corrected chi connectivity index (χ4v) is 4.63. The lowest BCUT2D eigenvalue weighted by atomic mass is 10.3. The number of hydrogen-bond donors (Lipinski definition) is 0. The van der Waals surface area contributed by atoms with E-state index in [1.807, 2.05) is 0 Å². The summed E-state index contributed by atoms with van der Waals surface area (Å²) in [7, 11) is -3.26. The standard InChI is InChI=1S/C12H16N2O4S2/c1-20(16,17)14-3-2-10-9(14)8-11(19-10)12(15)13-4-6-18-7-5-13/h8H,2-7H2,1H3. The number of rotatable bonds is 2. The van der Waals surface area contributed by atoms with Crippen molar-refractivity contribution >= 4 is 33.0 Å². The predicted octanol–water partition coefficient (Wildman–Crippen LogP) is 0.543. The first kappa shape index (κ1) is 13.8. The molecule has 0 N–H and O–H groups in total. The second kappa shape index (κ2) is 5.01. The molecule has 0 saturated carbocycles. The highest BCUT2D eigenvalue weighted by molar-refractivity contribution is 7.92. The minimum Gasteiger partial charge on any atom is -0.378 e. The summed E-state index contributed by atoms with van der Waals surface area (Å²) in [5.74, 6) is -0.0267. The molecule has 0 radical (unpaired) electrons. The minimum absolute atomic E-state index is 0.0267. The molecular weight excluding hydrogens is 300 g/mol. The van der Waals surface area contributed by atoms with Crippen LogP contribution in [-0.2, 0) is 21.2 Å². The highest BCUT2D eigenvalue weighted by Gasteiger charge is 2.31. The molecule has 0 atom stereocenters. The Morgan fingerprint density at radius 3 is 2.65 bits per heavy atom. The Morgan fingerprint density at radius 2 is 2.00 bits per heavy atom. The number of ether oxygens (including phenoxy) is 1. The highest BCUT2D eigenvalue weighted by Crippen LogP contribution is 2.37. The Labute approximate surface area is 122 Å². The summed E-state index contributed by atoms with van der Waals surface area (Å²) in [6.07, 6.45) is 1.88.